The predicted octanol–water partition coefficient (Wildman–Crippen LogP) is 0.598. The fraction of sp³-hybridized carbons (Fsp3) is 0.786. The lowest BCUT2D eigenvalue weighted by molar-refractivity contribution is -0.155. The van der Waals surface area contributed by atoms with E-state index in [1.54, 1.807) is 11.8 Å². The van der Waals surface area contributed by atoms with E-state index in [4.69, 9.17) is 0 Å². The van der Waals surface area contributed by atoms with Crippen LogP contribution in [0.2, 0.25) is 0 Å². The monoisotopic (exact) mass is 282 g/mol. The molecule has 3 unspecified atom stereocenters. The first kappa shape index (κ1) is 14.8. The van der Waals surface area contributed by atoms with Gasteiger partial charge in [-0.25, -0.2) is 0 Å². The number of carbonyl (C=O) groups excluding carboxylic acids is 3. The van der Waals surface area contributed by atoms with Crippen LogP contribution in [0.1, 0.15) is 45.4 Å². The van der Waals surface area contributed by atoms with E-state index in [-0.39, 0.29) is 30.3 Å². The van der Waals surface area contributed by atoms with Gasteiger partial charge in [0.1, 0.15) is 6.04 Å². The molecule has 1 saturated heterocycles. The third kappa shape index (κ3) is 2.78. The number of carbonyl (C=O) groups is 3. The maximum atomic E-state index is 12.2. The van der Waals surface area contributed by atoms with Gasteiger partial charge in [-0.2, -0.15) is 0 Å². The van der Waals surface area contributed by atoms with Gasteiger partial charge in [0.15, 0.2) is 0 Å². The standard InChI is InChI=1S/C14H22N2O4/c1-3-12(17)16-10-7-5-4-6-9(10)15-14(19)11(16)8-13(18)20-2/h9-11H,3-8H2,1-2H3,(H,15,19). The quantitative estimate of drug-likeness (QED) is 0.769. The van der Waals surface area contributed by atoms with Crippen molar-refractivity contribution in [2.24, 2.45) is 0 Å². The van der Waals surface area contributed by atoms with Crippen LogP contribution in [0.3, 0.4) is 0 Å². The number of ether oxygens (including phenoxy) is 1. The normalized spacial score (nSPS) is 29.4. The molecule has 1 aliphatic carbocycles. The minimum absolute atomic E-state index is 0.0172. The molecule has 0 aromatic carbocycles. The van der Waals surface area contributed by atoms with Gasteiger partial charge in [0.25, 0.3) is 0 Å². The van der Waals surface area contributed by atoms with Crippen LogP contribution < -0.4 is 5.32 Å². The lowest BCUT2D eigenvalue weighted by Crippen LogP contribution is -2.67. The second-order valence-corrected chi connectivity index (χ2v) is 5.42. The SMILES string of the molecule is CCC(=O)N1C(CC(=O)OC)C(=O)NC2CCCCC21. The number of amides is 2. The van der Waals surface area contributed by atoms with E-state index in [2.05, 4.69) is 10.1 Å². The maximum Gasteiger partial charge on any atom is 0.308 e. The molecule has 1 heterocycles. The topological polar surface area (TPSA) is 75.7 Å². The molecule has 0 aromatic rings. The van der Waals surface area contributed by atoms with Gasteiger partial charge in [-0.3, -0.25) is 14.4 Å². The van der Waals surface area contributed by atoms with Gasteiger partial charge in [0, 0.05) is 12.5 Å². The fourth-order valence-electron chi connectivity index (χ4n) is 3.22. The highest BCUT2D eigenvalue weighted by Gasteiger charge is 2.45. The first-order valence-electron chi connectivity index (χ1n) is 7.26. The van der Waals surface area contributed by atoms with Crippen LogP contribution in [0.25, 0.3) is 0 Å². The van der Waals surface area contributed by atoms with E-state index in [1.807, 2.05) is 0 Å². The molecular formula is C14H22N2O4. The highest BCUT2D eigenvalue weighted by Crippen LogP contribution is 2.30. The lowest BCUT2D eigenvalue weighted by Gasteiger charge is -2.47. The second kappa shape index (κ2) is 6.24. The number of hydrogen-bond donors (Lipinski definition) is 1. The van der Waals surface area contributed by atoms with Crippen molar-refractivity contribution in [1.29, 1.82) is 0 Å². The Bertz CT molecular complexity index is 410. The Hall–Kier alpha value is -1.59. The van der Waals surface area contributed by atoms with Crippen molar-refractivity contribution in [1.82, 2.24) is 10.2 Å². The zero-order valence-electron chi connectivity index (χ0n) is 12.1. The van der Waals surface area contributed by atoms with Gasteiger partial charge in [0.2, 0.25) is 11.8 Å². The van der Waals surface area contributed by atoms with Gasteiger partial charge in [0.05, 0.1) is 19.6 Å². The van der Waals surface area contributed by atoms with Crippen LogP contribution >= 0.6 is 0 Å². The Morgan fingerprint density at radius 2 is 2.05 bits per heavy atom. The summed E-state index contributed by atoms with van der Waals surface area (Å²) in [6.45, 7) is 1.78. The number of hydrogen-bond acceptors (Lipinski definition) is 4. The summed E-state index contributed by atoms with van der Waals surface area (Å²) in [5.74, 6) is -0.765. The zero-order valence-corrected chi connectivity index (χ0v) is 12.1. The number of nitrogens with zero attached hydrogens (tertiary/aromatic N) is 1. The second-order valence-electron chi connectivity index (χ2n) is 5.42. The summed E-state index contributed by atoms with van der Waals surface area (Å²) in [7, 11) is 1.29. The van der Waals surface area contributed by atoms with E-state index >= 15 is 0 Å². The van der Waals surface area contributed by atoms with E-state index in [0.717, 1.165) is 25.7 Å². The van der Waals surface area contributed by atoms with Crippen molar-refractivity contribution in [3.63, 3.8) is 0 Å². The number of nitrogens with one attached hydrogen (secondary N) is 1. The minimum Gasteiger partial charge on any atom is -0.469 e. The summed E-state index contributed by atoms with van der Waals surface area (Å²) in [5.41, 5.74) is 0. The van der Waals surface area contributed by atoms with Gasteiger partial charge in [-0.15, -0.1) is 0 Å². The van der Waals surface area contributed by atoms with Crippen LogP contribution in [0, 0.1) is 0 Å². The first-order valence-corrected chi connectivity index (χ1v) is 7.26. The minimum atomic E-state index is -0.728. The zero-order chi connectivity index (χ0) is 14.7. The van der Waals surface area contributed by atoms with Crippen LogP contribution in [0.5, 0.6) is 0 Å². The van der Waals surface area contributed by atoms with Gasteiger partial charge < -0.3 is 15.0 Å². The Labute approximate surface area is 118 Å². The molecule has 0 bridgehead atoms. The largest absolute Gasteiger partial charge is 0.469 e. The highest BCUT2D eigenvalue weighted by atomic mass is 16.5. The van der Waals surface area contributed by atoms with E-state index < -0.39 is 12.0 Å². The molecule has 3 atom stereocenters. The number of rotatable bonds is 3. The summed E-state index contributed by atoms with van der Waals surface area (Å²) in [5, 5.41) is 2.97. The van der Waals surface area contributed by atoms with E-state index in [9.17, 15) is 14.4 Å². The third-order valence-corrected chi connectivity index (χ3v) is 4.23. The van der Waals surface area contributed by atoms with Crippen molar-refractivity contribution < 1.29 is 19.1 Å². The van der Waals surface area contributed by atoms with Gasteiger partial charge in [-0.1, -0.05) is 19.8 Å². The van der Waals surface area contributed by atoms with E-state index in [1.165, 1.54) is 7.11 Å². The molecule has 20 heavy (non-hydrogen) atoms. The van der Waals surface area contributed by atoms with Crippen LogP contribution in [0.15, 0.2) is 0 Å². The number of piperazine rings is 1. The molecule has 0 spiro atoms. The van der Waals surface area contributed by atoms with Gasteiger partial charge >= 0.3 is 5.97 Å². The van der Waals surface area contributed by atoms with Crippen molar-refractivity contribution in [3.05, 3.63) is 0 Å². The molecular weight excluding hydrogens is 260 g/mol. The Kier molecular flexibility index (Phi) is 4.62. The average Bonchev–Trinajstić information content (AvgIpc) is 2.47. The number of esters is 1. The van der Waals surface area contributed by atoms with E-state index in [0.29, 0.717) is 6.42 Å². The predicted molar refractivity (Wildman–Crippen MR) is 71.7 cm³/mol. The first-order chi connectivity index (χ1) is 9.58. The van der Waals surface area contributed by atoms with Crippen LogP contribution in [-0.4, -0.2) is 47.9 Å². The Morgan fingerprint density at radius 1 is 1.35 bits per heavy atom. The molecule has 2 rings (SSSR count). The molecule has 1 N–H and O–H groups in total. The average molecular weight is 282 g/mol. The highest BCUT2D eigenvalue weighted by molar-refractivity contribution is 5.92. The van der Waals surface area contributed by atoms with Crippen LogP contribution in [0.4, 0.5) is 0 Å². The summed E-state index contributed by atoms with van der Waals surface area (Å²) >= 11 is 0. The third-order valence-electron chi connectivity index (χ3n) is 4.23. The Balaban J connectivity index is 2.24. The summed E-state index contributed by atoms with van der Waals surface area (Å²) in [4.78, 5) is 37.6. The molecule has 2 amide bonds. The van der Waals surface area contributed by atoms with Gasteiger partial charge in [-0.05, 0) is 12.8 Å². The number of methoxy groups -OCH3 is 1. The molecule has 2 aliphatic rings. The molecule has 1 aliphatic heterocycles. The molecule has 0 aromatic heterocycles. The molecule has 112 valence electrons. The molecule has 1 saturated carbocycles. The van der Waals surface area contributed by atoms with Crippen molar-refractivity contribution in [2.75, 3.05) is 7.11 Å². The van der Waals surface area contributed by atoms with Crippen molar-refractivity contribution in [3.8, 4) is 0 Å². The summed E-state index contributed by atoms with van der Waals surface area (Å²) in [6.07, 6.45) is 4.17. The smallest absolute Gasteiger partial charge is 0.308 e. The Morgan fingerprint density at radius 3 is 2.70 bits per heavy atom. The molecule has 6 nitrogen and oxygen atoms in total. The number of fused-ring (bicyclic) bond motifs is 1. The van der Waals surface area contributed by atoms with Crippen LogP contribution in [-0.2, 0) is 19.1 Å². The van der Waals surface area contributed by atoms with Crippen molar-refractivity contribution >= 4 is 17.8 Å². The summed E-state index contributed by atoms with van der Waals surface area (Å²) < 4.78 is 4.64. The fourth-order valence-corrected chi connectivity index (χ4v) is 3.22. The lowest BCUT2D eigenvalue weighted by atomic mass is 9.85. The maximum absolute atomic E-state index is 12.2. The molecule has 2 fully saturated rings. The molecule has 6 heteroatoms. The summed E-state index contributed by atoms with van der Waals surface area (Å²) in [6, 6.07) is -0.682. The molecule has 0 radical (unpaired) electrons. The van der Waals surface area contributed by atoms with Crippen molar-refractivity contribution in [2.45, 2.75) is 63.6 Å².